The van der Waals surface area contributed by atoms with Crippen LogP contribution in [-0.4, -0.2) is 41.4 Å². The molecule has 2 aromatic rings. The van der Waals surface area contributed by atoms with Gasteiger partial charge in [-0.05, 0) is 25.8 Å². The van der Waals surface area contributed by atoms with Gasteiger partial charge < -0.3 is 15.2 Å². The smallest absolute Gasteiger partial charge is 0.295 e. The van der Waals surface area contributed by atoms with Crippen molar-refractivity contribution in [2.75, 3.05) is 31.7 Å². The van der Waals surface area contributed by atoms with Gasteiger partial charge in [-0.15, -0.1) is 0 Å². The number of fused-ring (bicyclic) bond motifs is 1. The molecule has 7 heteroatoms. The van der Waals surface area contributed by atoms with E-state index in [9.17, 15) is 15.2 Å². The van der Waals surface area contributed by atoms with E-state index < -0.39 is 4.92 Å². The Morgan fingerprint density at radius 2 is 2.33 bits per heavy atom. The summed E-state index contributed by atoms with van der Waals surface area (Å²) in [6.07, 6.45) is 1.56. The maximum atomic E-state index is 11.2. The van der Waals surface area contributed by atoms with E-state index in [2.05, 4.69) is 10.3 Å². The molecule has 1 aromatic heterocycles. The highest BCUT2D eigenvalue weighted by atomic mass is 16.6. The molecule has 128 valence electrons. The summed E-state index contributed by atoms with van der Waals surface area (Å²) in [4.78, 5) is 15.2. The Hall–Kier alpha value is -2.25. The van der Waals surface area contributed by atoms with Gasteiger partial charge in [-0.3, -0.25) is 10.1 Å². The number of aromatic nitrogens is 1. The number of benzene rings is 1. The molecular weight excluding hydrogens is 310 g/mol. The van der Waals surface area contributed by atoms with Crippen molar-refractivity contribution in [3.05, 3.63) is 40.1 Å². The summed E-state index contributed by atoms with van der Waals surface area (Å²) in [5, 5.41) is 24.7. The zero-order valence-corrected chi connectivity index (χ0v) is 13.6. The van der Waals surface area contributed by atoms with Gasteiger partial charge in [-0.2, -0.15) is 0 Å². The summed E-state index contributed by atoms with van der Waals surface area (Å²) in [5.74, 6) is 0. The van der Waals surface area contributed by atoms with Crippen molar-refractivity contribution >= 4 is 22.3 Å². The highest BCUT2D eigenvalue weighted by molar-refractivity contribution is 5.96. The van der Waals surface area contributed by atoms with Gasteiger partial charge in [0.25, 0.3) is 5.69 Å². The number of hydrogen-bond donors (Lipinski definition) is 2. The minimum absolute atomic E-state index is 0.00789. The zero-order valence-electron chi connectivity index (χ0n) is 13.6. The van der Waals surface area contributed by atoms with Crippen LogP contribution in [0.4, 0.5) is 11.4 Å². The van der Waals surface area contributed by atoms with Crippen molar-refractivity contribution in [2.45, 2.75) is 19.8 Å². The summed E-state index contributed by atoms with van der Waals surface area (Å²) < 4.78 is 5.51. The van der Waals surface area contributed by atoms with Crippen molar-refractivity contribution in [3.63, 3.8) is 0 Å². The van der Waals surface area contributed by atoms with Crippen LogP contribution in [0.15, 0.2) is 24.3 Å². The molecule has 0 aliphatic carbocycles. The Bertz CT molecular complexity index is 757. The fraction of sp³-hybridized carbons (Fsp3) is 0.471. The van der Waals surface area contributed by atoms with E-state index in [0.29, 0.717) is 31.7 Å². The Morgan fingerprint density at radius 3 is 3.00 bits per heavy atom. The maximum absolute atomic E-state index is 11.2. The van der Waals surface area contributed by atoms with Gasteiger partial charge in [-0.25, -0.2) is 4.98 Å². The second-order valence-electron chi connectivity index (χ2n) is 6.37. The molecule has 1 aliphatic rings. The lowest BCUT2D eigenvalue weighted by molar-refractivity contribution is -0.383. The van der Waals surface area contributed by atoms with Crippen LogP contribution in [0.1, 0.15) is 18.5 Å². The van der Waals surface area contributed by atoms with Crippen LogP contribution < -0.4 is 5.32 Å². The van der Waals surface area contributed by atoms with Gasteiger partial charge >= 0.3 is 0 Å². The summed E-state index contributed by atoms with van der Waals surface area (Å²) in [7, 11) is 0. The molecule has 0 bridgehead atoms. The number of nitro benzene ring substituents is 1. The standard InChI is InChI=1S/C17H21N3O4/c1-12-9-14(18-10-17(5-7-21)6-8-24-11-17)13-3-2-4-15(20(22)23)16(13)19-12/h2-4,9,21H,5-8,10-11H2,1H3,(H,18,19)/t17-/m1/s1. The van der Waals surface area contributed by atoms with Gasteiger partial charge in [0.1, 0.15) is 0 Å². The third-order valence-corrected chi connectivity index (χ3v) is 4.62. The van der Waals surface area contributed by atoms with Gasteiger partial charge in [0.2, 0.25) is 0 Å². The third-order valence-electron chi connectivity index (χ3n) is 4.62. The summed E-state index contributed by atoms with van der Waals surface area (Å²) in [6.45, 7) is 3.90. The van der Waals surface area contributed by atoms with Gasteiger partial charge in [0, 0.05) is 48.0 Å². The van der Waals surface area contributed by atoms with Crippen molar-refractivity contribution in [2.24, 2.45) is 5.41 Å². The summed E-state index contributed by atoms with van der Waals surface area (Å²) in [6, 6.07) is 6.87. The van der Waals surface area contributed by atoms with Crippen LogP contribution in [0.2, 0.25) is 0 Å². The lowest BCUT2D eigenvalue weighted by Gasteiger charge is -2.27. The first-order valence-electron chi connectivity index (χ1n) is 8.02. The molecule has 1 saturated heterocycles. The third kappa shape index (κ3) is 3.18. The van der Waals surface area contributed by atoms with Crippen LogP contribution in [0.25, 0.3) is 10.9 Å². The van der Waals surface area contributed by atoms with E-state index in [4.69, 9.17) is 4.74 Å². The number of ether oxygens (including phenoxy) is 1. The monoisotopic (exact) mass is 331 g/mol. The molecule has 1 atom stereocenters. The molecule has 0 amide bonds. The molecule has 0 unspecified atom stereocenters. The lowest BCUT2D eigenvalue weighted by Crippen LogP contribution is -2.31. The van der Waals surface area contributed by atoms with Crippen LogP contribution >= 0.6 is 0 Å². The molecule has 24 heavy (non-hydrogen) atoms. The number of aliphatic hydroxyl groups is 1. The van der Waals surface area contributed by atoms with Crippen LogP contribution in [0.5, 0.6) is 0 Å². The molecule has 0 saturated carbocycles. The Labute approximate surface area is 139 Å². The average Bonchev–Trinajstić information content (AvgIpc) is 3.01. The number of nitrogens with one attached hydrogen (secondary N) is 1. The van der Waals surface area contributed by atoms with Gasteiger partial charge in [-0.1, -0.05) is 12.1 Å². The highest BCUT2D eigenvalue weighted by Gasteiger charge is 2.34. The molecule has 7 nitrogen and oxygen atoms in total. The minimum Gasteiger partial charge on any atom is -0.396 e. The molecule has 0 spiro atoms. The SMILES string of the molecule is Cc1cc(NC[C@@]2(CCO)CCOC2)c2cccc([N+](=O)[O-])c2n1. The van der Waals surface area contributed by atoms with E-state index in [0.717, 1.165) is 23.2 Å². The van der Waals surface area contributed by atoms with E-state index in [-0.39, 0.29) is 17.7 Å². The van der Waals surface area contributed by atoms with Gasteiger partial charge in [0.05, 0.1) is 11.5 Å². The van der Waals surface area contributed by atoms with E-state index in [1.807, 2.05) is 19.1 Å². The molecule has 1 fully saturated rings. The number of anilines is 1. The highest BCUT2D eigenvalue weighted by Crippen LogP contribution is 2.34. The number of nitrogens with zero attached hydrogens (tertiary/aromatic N) is 2. The maximum Gasteiger partial charge on any atom is 0.295 e. The summed E-state index contributed by atoms with van der Waals surface area (Å²) in [5.41, 5.74) is 1.85. The number of para-hydroxylation sites is 1. The first kappa shape index (κ1) is 16.6. The number of nitro groups is 1. The Morgan fingerprint density at radius 1 is 1.50 bits per heavy atom. The fourth-order valence-corrected chi connectivity index (χ4v) is 3.25. The van der Waals surface area contributed by atoms with E-state index in [1.165, 1.54) is 6.07 Å². The molecule has 2 heterocycles. The number of aliphatic hydroxyl groups excluding tert-OH is 1. The van der Waals surface area contributed by atoms with Crippen molar-refractivity contribution in [1.29, 1.82) is 0 Å². The quantitative estimate of drug-likeness (QED) is 0.624. The predicted molar refractivity (Wildman–Crippen MR) is 91.2 cm³/mol. The predicted octanol–water partition coefficient (Wildman–Crippen LogP) is 2.65. The first-order chi connectivity index (χ1) is 11.5. The molecule has 1 aromatic carbocycles. The number of pyridine rings is 1. The number of aryl methyl sites for hydroxylation is 1. The van der Waals surface area contributed by atoms with Crippen molar-refractivity contribution in [3.8, 4) is 0 Å². The lowest BCUT2D eigenvalue weighted by atomic mass is 9.84. The molecule has 1 aliphatic heterocycles. The van der Waals surface area contributed by atoms with Gasteiger partial charge in [0.15, 0.2) is 5.52 Å². The molecule has 3 rings (SSSR count). The second kappa shape index (κ2) is 6.70. The van der Waals surface area contributed by atoms with E-state index in [1.54, 1.807) is 6.07 Å². The Balaban J connectivity index is 1.94. The average molecular weight is 331 g/mol. The topological polar surface area (TPSA) is 97.5 Å². The van der Waals surface area contributed by atoms with Crippen LogP contribution in [0.3, 0.4) is 0 Å². The van der Waals surface area contributed by atoms with Crippen molar-refractivity contribution < 1.29 is 14.8 Å². The summed E-state index contributed by atoms with van der Waals surface area (Å²) >= 11 is 0. The molecule has 2 N–H and O–H groups in total. The van der Waals surface area contributed by atoms with Crippen LogP contribution in [0, 0.1) is 22.5 Å². The first-order valence-corrected chi connectivity index (χ1v) is 8.02. The second-order valence-corrected chi connectivity index (χ2v) is 6.37. The number of non-ortho nitro benzene ring substituents is 1. The number of rotatable bonds is 6. The van der Waals surface area contributed by atoms with E-state index >= 15 is 0 Å². The normalized spacial score (nSPS) is 20.4. The van der Waals surface area contributed by atoms with Crippen LogP contribution in [-0.2, 0) is 4.74 Å². The minimum atomic E-state index is -0.406. The van der Waals surface area contributed by atoms with Crippen molar-refractivity contribution in [1.82, 2.24) is 4.98 Å². The fourth-order valence-electron chi connectivity index (χ4n) is 3.25. The molecular formula is C17H21N3O4. The Kier molecular flexibility index (Phi) is 4.64. The zero-order chi connectivity index (χ0) is 17.2. The number of hydrogen-bond acceptors (Lipinski definition) is 6. The largest absolute Gasteiger partial charge is 0.396 e. The molecule has 0 radical (unpaired) electrons.